The molecule has 0 saturated carbocycles. The van der Waals surface area contributed by atoms with E-state index in [-0.39, 0.29) is 0 Å². The standard InChI is InChI=1S/C10H10FNO/c1-2-13-7-9-3-8(6-12)4-10(11)5-9/h3-5H,2,7H2,1H3. The van der Waals surface area contributed by atoms with Crippen LogP contribution in [0.15, 0.2) is 18.2 Å². The second-order valence-electron chi connectivity index (χ2n) is 2.60. The summed E-state index contributed by atoms with van der Waals surface area (Å²) in [4.78, 5) is 0. The highest BCUT2D eigenvalue weighted by Gasteiger charge is 1.99. The quantitative estimate of drug-likeness (QED) is 0.712. The van der Waals surface area contributed by atoms with Crippen molar-refractivity contribution in [2.45, 2.75) is 13.5 Å². The maximum atomic E-state index is 12.8. The Labute approximate surface area is 76.6 Å². The zero-order valence-electron chi connectivity index (χ0n) is 7.38. The first-order valence-electron chi connectivity index (χ1n) is 4.03. The lowest BCUT2D eigenvalue weighted by Crippen LogP contribution is -1.93. The molecule has 0 spiro atoms. The van der Waals surface area contributed by atoms with Crippen molar-refractivity contribution in [1.82, 2.24) is 0 Å². The van der Waals surface area contributed by atoms with Crippen LogP contribution in [-0.4, -0.2) is 6.61 Å². The van der Waals surface area contributed by atoms with E-state index in [2.05, 4.69) is 0 Å². The van der Waals surface area contributed by atoms with Crippen LogP contribution < -0.4 is 0 Å². The SMILES string of the molecule is CCOCc1cc(F)cc(C#N)c1. The van der Waals surface area contributed by atoms with Crippen LogP contribution in [0.2, 0.25) is 0 Å². The lowest BCUT2D eigenvalue weighted by Gasteiger charge is -2.01. The van der Waals surface area contributed by atoms with Crippen LogP contribution in [0.5, 0.6) is 0 Å². The second kappa shape index (κ2) is 4.58. The van der Waals surface area contributed by atoms with E-state index in [0.717, 1.165) is 0 Å². The molecule has 3 heteroatoms. The summed E-state index contributed by atoms with van der Waals surface area (Å²) in [7, 11) is 0. The molecule has 0 fully saturated rings. The molecule has 0 unspecified atom stereocenters. The summed E-state index contributed by atoms with van der Waals surface area (Å²) >= 11 is 0. The first-order valence-corrected chi connectivity index (χ1v) is 4.03. The molecule has 0 amide bonds. The van der Waals surface area contributed by atoms with Crippen molar-refractivity contribution in [1.29, 1.82) is 5.26 Å². The van der Waals surface area contributed by atoms with Crippen molar-refractivity contribution in [2.24, 2.45) is 0 Å². The number of hydrogen-bond donors (Lipinski definition) is 0. The van der Waals surface area contributed by atoms with Crippen LogP contribution in [0.4, 0.5) is 4.39 Å². The molecule has 0 saturated heterocycles. The van der Waals surface area contributed by atoms with Gasteiger partial charge in [0, 0.05) is 6.61 Å². The minimum atomic E-state index is -0.395. The molecule has 1 rings (SSSR count). The summed E-state index contributed by atoms with van der Waals surface area (Å²) in [6.45, 7) is 2.80. The molecule has 0 atom stereocenters. The van der Waals surface area contributed by atoms with Crippen molar-refractivity contribution in [3.63, 3.8) is 0 Å². The second-order valence-corrected chi connectivity index (χ2v) is 2.60. The van der Waals surface area contributed by atoms with E-state index in [1.165, 1.54) is 12.1 Å². The Morgan fingerprint density at radius 3 is 2.85 bits per heavy atom. The zero-order chi connectivity index (χ0) is 9.68. The average Bonchev–Trinajstić information content (AvgIpc) is 2.14. The van der Waals surface area contributed by atoms with Gasteiger partial charge in [-0.1, -0.05) is 0 Å². The van der Waals surface area contributed by atoms with Crippen molar-refractivity contribution in [2.75, 3.05) is 6.61 Å². The largest absolute Gasteiger partial charge is 0.377 e. The fraction of sp³-hybridized carbons (Fsp3) is 0.300. The molecule has 0 aliphatic carbocycles. The molecule has 1 aromatic rings. The topological polar surface area (TPSA) is 33.0 Å². The van der Waals surface area contributed by atoms with Gasteiger partial charge in [-0.25, -0.2) is 4.39 Å². The monoisotopic (exact) mass is 179 g/mol. The highest BCUT2D eigenvalue weighted by molar-refractivity contribution is 5.33. The molecule has 1 aromatic carbocycles. The molecular formula is C10H10FNO. The van der Waals surface area contributed by atoms with E-state index in [4.69, 9.17) is 10.00 Å². The van der Waals surface area contributed by atoms with E-state index in [1.807, 2.05) is 13.0 Å². The fourth-order valence-corrected chi connectivity index (χ4v) is 1.02. The van der Waals surface area contributed by atoms with Gasteiger partial charge in [-0.15, -0.1) is 0 Å². The van der Waals surface area contributed by atoms with Gasteiger partial charge in [0.05, 0.1) is 18.2 Å². The normalized spacial score (nSPS) is 9.62. The van der Waals surface area contributed by atoms with Crippen LogP contribution in [0.1, 0.15) is 18.1 Å². The number of hydrogen-bond acceptors (Lipinski definition) is 2. The van der Waals surface area contributed by atoms with E-state index in [1.54, 1.807) is 6.07 Å². The Balaban J connectivity index is 2.83. The van der Waals surface area contributed by atoms with Gasteiger partial charge in [-0.3, -0.25) is 0 Å². The van der Waals surface area contributed by atoms with Gasteiger partial charge in [0.15, 0.2) is 0 Å². The Kier molecular flexibility index (Phi) is 3.41. The minimum absolute atomic E-state index is 0.328. The third kappa shape index (κ3) is 2.85. The predicted molar refractivity (Wildman–Crippen MR) is 46.4 cm³/mol. The van der Waals surface area contributed by atoms with Crippen molar-refractivity contribution in [3.8, 4) is 6.07 Å². The summed E-state index contributed by atoms with van der Waals surface area (Å²) in [5.41, 5.74) is 1.02. The summed E-state index contributed by atoms with van der Waals surface area (Å²) in [5.74, 6) is -0.395. The van der Waals surface area contributed by atoms with Crippen LogP contribution in [-0.2, 0) is 11.3 Å². The van der Waals surface area contributed by atoms with E-state index < -0.39 is 5.82 Å². The molecule has 68 valence electrons. The average molecular weight is 179 g/mol. The molecule has 0 N–H and O–H groups in total. The molecule has 0 heterocycles. The Morgan fingerprint density at radius 2 is 2.23 bits per heavy atom. The summed E-state index contributed by atoms with van der Waals surface area (Å²) in [5, 5.41) is 8.55. The molecule has 13 heavy (non-hydrogen) atoms. The van der Waals surface area contributed by atoms with Crippen LogP contribution >= 0.6 is 0 Å². The van der Waals surface area contributed by atoms with Gasteiger partial charge in [0.25, 0.3) is 0 Å². The number of halogens is 1. The van der Waals surface area contributed by atoms with E-state index in [0.29, 0.717) is 24.3 Å². The van der Waals surface area contributed by atoms with Crippen LogP contribution in [0.3, 0.4) is 0 Å². The fourth-order valence-electron chi connectivity index (χ4n) is 1.02. The van der Waals surface area contributed by atoms with Crippen molar-refractivity contribution >= 4 is 0 Å². The number of rotatable bonds is 3. The number of nitrogens with zero attached hydrogens (tertiary/aromatic N) is 1. The molecule has 2 nitrogen and oxygen atoms in total. The van der Waals surface area contributed by atoms with Crippen LogP contribution in [0.25, 0.3) is 0 Å². The minimum Gasteiger partial charge on any atom is -0.377 e. The third-order valence-corrected chi connectivity index (χ3v) is 1.56. The number of ether oxygens (including phenoxy) is 1. The molecular weight excluding hydrogens is 169 g/mol. The highest BCUT2D eigenvalue weighted by Crippen LogP contribution is 2.09. The van der Waals surface area contributed by atoms with Gasteiger partial charge >= 0.3 is 0 Å². The predicted octanol–water partition coefficient (Wildman–Crippen LogP) is 2.23. The van der Waals surface area contributed by atoms with Gasteiger partial charge < -0.3 is 4.74 Å². The lowest BCUT2D eigenvalue weighted by molar-refractivity contribution is 0.134. The molecule has 0 bridgehead atoms. The lowest BCUT2D eigenvalue weighted by atomic mass is 10.1. The highest BCUT2D eigenvalue weighted by atomic mass is 19.1. The molecule has 0 radical (unpaired) electrons. The Bertz CT molecular complexity index is 330. The van der Waals surface area contributed by atoms with E-state index in [9.17, 15) is 4.39 Å². The molecule has 0 aliphatic heterocycles. The first-order chi connectivity index (χ1) is 6.26. The smallest absolute Gasteiger partial charge is 0.124 e. The van der Waals surface area contributed by atoms with Gasteiger partial charge in [0.2, 0.25) is 0 Å². The van der Waals surface area contributed by atoms with Gasteiger partial charge in [-0.2, -0.15) is 5.26 Å². The molecule has 0 aromatic heterocycles. The van der Waals surface area contributed by atoms with E-state index >= 15 is 0 Å². The Hall–Kier alpha value is -1.40. The number of nitriles is 1. The maximum absolute atomic E-state index is 12.8. The summed E-state index contributed by atoms with van der Waals surface area (Å²) < 4.78 is 17.9. The summed E-state index contributed by atoms with van der Waals surface area (Å²) in [6.07, 6.45) is 0. The zero-order valence-corrected chi connectivity index (χ0v) is 7.38. The third-order valence-electron chi connectivity index (χ3n) is 1.56. The van der Waals surface area contributed by atoms with Crippen molar-refractivity contribution in [3.05, 3.63) is 35.1 Å². The molecule has 0 aliphatic rings. The number of benzene rings is 1. The first kappa shape index (κ1) is 9.69. The van der Waals surface area contributed by atoms with Crippen molar-refractivity contribution < 1.29 is 9.13 Å². The Morgan fingerprint density at radius 1 is 1.46 bits per heavy atom. The summed E-state index contributed by atoms with van der Waals surface area (Å²) in [6, 6.07) is 6.09. The van der Waals surface area contributed by atoms with Gasteiger partial charge in [-0.05, 0) is 30.7 Å². The van der Waals surface area contributed by atoms with Crippen LogP contribution in [0, 0.1) is 17.1 Å². The van der Waals surface area contributed by atoms with Gasteiger partial charge in [0.1, 0.15) is 5.82 Å². The maximum Gasteiger partial charge on any atom is 0.124 e.